The molecule has 6 nitrogen and oxygen atoms in total. The lowest BCUT2D eigenvalue weighted by Gasteiger charge is -2.10. The van der Waals surface area contributed by atoms with Crippen molar-refractivity contribution in [1.82, 2.24) is 15.4 Å². The summed E-state index contributed by atoms with van der Waals surface area (Å²) in [6.45, 7) is 0.124. The highest BCUT2D eigenvalue weighted by Gasteiger charge is 2.07. The number of aromatic nitrogens is 1. The van der Waals surface area contributed by atoms with Gasteiger partial charge in [0.2, 0.25) is 0 Å². The van der Waals surface area contributed by atoms with E-state index in [9.17, 15) is 9.59 Å². The van der Waals surface area contributed by atoms with Crippen LogP contribution in [0.5, 0.6) is 0 Å². The summed E-state index contributed by atoms with van der Waals surface area (Å²) in [4.78, 5) is 23.6. The number of hydrogen-bond donors (Lipinski definition) is 3. The molecule has 3 rings (SSSR count). The molecule has 0 atom stereocenters. The lowest BCUT2D eigenvalue weighted by molar-refractivity contribution is -0.122. The minimum Gasteiger partial charge on any atom is -0.338 e. The molecule has 1 heterocycles. The van der Waals surface area contributed by atoms with Crippen molar-refractivity contribution in [1.29, 1.82) is 0 Å². The van der Waals surface area contributed by atoms with Crippen molar-refractivity contribution >= 4 is 28.5 Å². The van der Waals surface area contributed by atoms with Crippen LogP contribution in [0.2, 0.25) is 0 Å². The van der Waals surface area contributed by atoms with Gasteiger partial charge in [0.15, 0.2) is 0 Å². The number of para-hydroxylation sites is 2. The Morgan fingerprint density at radius 3 is 2.43 bits per heavy atom. The molecule has 3 aromatic rings. The van der Waals surface area contributed by atoms with Crippen molar-refractivity contribution in [3.63, 3.8) is 0 Å². The van der Waals surface area contributed by atoms with E-state index in [0.29, 0.717) is 5.69 Å². The fourth-order valence-electron chi connectivity index (χ4n) is 2.28. The van der Waals surface area contributed by atoms with E-state index in [0.717, 1.165) is 10.9 Å². The molecule has 0 aliphatic heterocycles. The topological polar surface area (TPSA) is 75.2 Å². The van der Waals surface area contributed by atoms with Crippen molar-refractivity contribution < 1.29 is 9.59 Å². The summed E-state index contributed by atoms with van der Waals surface area (Å²) in [5, 5.41) is 3.68. The minimum absolute atomic E-state index is 0.124. The third-order valence-electron chi connectivity index (χ3n) is 3.34. The average Bonchev–Trinajstić information content (AvgIpc) is 2.97. The van der Waals surface area contributed by atoms with Gasteiger partial charge in [0.25, 0.3) is 5.91 Å². The summed E-state index contributed by atoms with van der Waals surface area (Å²) in [7, 11) is 0. The van der Waals surface area contributed by atoms with Crippen LogP contribution in [0.4, 0.5) is 10.5 Å². The number of benzene rings is 2. The van der Waals surface area contributed by atoms with E-state index < -0.39 is 6.03 Å². The highest BCUT2D eigenvalue weighted by atomic mass is 16.2. The molecule has 2 aromatic carbocycles. The Balaban J connectivity index is 1.52. The molecular weight excluding hydrogens is 292 g/mol. The number of nitrogens with zero attached hydrogens (tertiary/aromatic N) is 1. The summed E-state index contributed by atoms with van der Waals surface area (Å²) < 4.78 is 1.82. The molecule has 3 N–H and O–H groups in total. The van der Waals surface area contributed by atoms with Crippen LogP contribution in [-0.2, 0) is 11.3 Å². The van der Waals surface area contributed by atoms with Crippen LogP contribution in [0.25, 0.3) is 10.9 Å². The second kappa shape index (κ2) is 6.65. The third-order valence-corrected chi connectivity index (χ3v) is 3.34. The molecule has 0 fully saturated rings. The van der Waals surface area contributed by atoms with Crippen molar-refractivity contribution in [3.8, 4) is 0 Å². The standard InChI is InChI=1S/C17H16N4O2/c22-16(12-21-11-10-13-6-4-5-9-15(13)21)19-20-17(23)18-14-7-2-1-3-8-14/h1-11H,12H2,(H,19,22)(H2,18,20,23). The normalized spacial score (nSPS) is 10.3. The molecule has 6 heteroatoms. The maximum absolute atomic E-state index is 11.9. The van der Waals surface area contributed by atoms with E-state index in [1.165, 1.54) is 0 Å². The number of amides is 3. The van der Waals surface area contributed by atoms with Gasteiger partial charge in [-0.1, -0.05) is 36.4 Å². The Bertz CT molecular complexity index is 827. The molecule has 0 saturated carbocycles. The van der Waals surface area contributed by atoms with Crippen molar-refractivity contribution in [2.24, 2.45) is 0 Å². The molecule has 1 aromatic heterocycles. The van der Waals surface area contributed by atoms with Gasteiger partial charge in [0.05, 0.1) is 0 Å². The summed E-state index contributed by atoms with van der Waals surface area (Å²) in [6.07, 6.45) is 1.84. The molecule has 23 heavy (non-hydrogen) atoms. The number of rotatable bonds is 3. The Labute approximate surface area is 133 Å². The van der Waals surface area contributed by atoms with Gasteiger partial charge in [0, 0.05) is 17.4 Å². The van der Waals surface area contributed by atoms with Crippen LogP contribution in [0.3, 0.4) is 0 Å². The highest BCUT2D eigenvalue weighted by Crippen LogP contribution is 2.14. The zero-order valence-corrected chi connectivity index (χ0v) is 12.3. The highest BCUT2D eigenvalue weighted by molar-refractivity contribution is 5.91. The summed E-state index contributed by atoms with van der Waals surface area (Å²) in [5.41, 5.74) is 6.33. The van der Waals surface area contributed by atoms with Crippen LogP contribution in [0.1, 0.15) is 0 Å². The number of hydrogen-bond acceptors (Lipinski definition) is 2. The molecule has 0 radical (unpaired) electrons. The molecule has 0 aliphatic rings. The first kappa shape index (κ1) is 14.6. The van der Waals surface area contributed by atoms with Gasteiger partial charge in [-0.2, -0.15) is 0 Å². The molecule has 3 amide bonds. The zero-order chi connectivity index (χ0) is 16.1. The summed E-state index contributed by atoms with van der Waals surface area (Å²) >= 11 is 0. The van der Waals surface area contributed by atoms with E-state index in [4.69, 9.17) is 0 Å². The monoisotopic (exact) mass is 308 g/mol. The number of urea groups is 1. The van der Waals surface area contributed by atoms with Gasteiger partial charge in [-0.15, -0.1) is 0 Å². The van der Waals surface area contributed by atoms with Gasteiger partial charge >= 0.3 is 6.03 Å². The smallest absolute Gasteiger partial charge is 0.337 e. The predicted molar refractivity (Wildman–Crippen MR) is 88.7 cm³/mol. The Hall–Kier alpha value is -3.28. The molecule has 0 unspecified atom stereocenters. The van der Waals surface area contributed by atoms with Crippen LogP contribution in [-0.4, -0.2) is 16.5 Å². The number of carbonyl (C=O) groups is 2. The Kier molecular flexibility index (Phi) is 4.24. The molecule has 0 spiro atoms. The van der Waals surface area contributed by atoms with Gasteiger partial charge in [-0.3, -0.25) is 10.2 Å². The number of anilines is 1. The first-order valence-corrected chi connectivity index (χ1v) is 7.17. The lowest BCUT2D eigenvalue weighted by atomic mass is 10.2. The molecule has 0 bridgehead atoms. The van der Waals surface area contributed by atoms with Gasteiger partial charge in [-0.25, -0.2) is 10.2 Å². The second-order valence-corrected chi connectivity index (χ2v) is 5.00. The largest absolute Gasteiger partial charge is 0.338 e. The SMILES string of the molecule is O=C(Cn1ccc2ccccc21)NNC(=O)Nc1ccccc1. The van der Waals surface area contributed by atoms with E-state index in [2.05, 4.69) is 16.2 Å². The first-order chi connectivity index (χ1) is 11.2. The number of carbonyl (C=O) groups excluding carboxylic acids is 2. The van der Waals surface area contributed by atoms with Crippen LogP contribution >= 0.6 is 0 Å². The second-order valence-electron chi connectivity index (χ2n) is 5.00. The van der Waals surface area contributed by atoms with Crippen molar-refractivity contribution in [2.45, 2.75) is 6.54 Å². The average molecular weight is 308 g/mol. The van der Waals surface area contributed by atoms with Crippen molar-refractivity contribution in [3.05, 3.63) is 66.9 Å². The zero-order valence-electron chi connectivity index (χ0n) is 12.3. The summed E-state index contributed by atoms with van der Waals surface area (Å²) in [6, 6.07) is 18.2. The van der Waals surface area contributed by atoms with E-state index in [1.54, 1.807) is 12.1 Å². The van der Waals surface area contributed by atoms with Crippen LogP contribution in [0.15, 0.2) is 66.9 Å². The maximum Gasteiger partial charge on any atom is 0.337 e. The molecule has 0 saturated heterocycles. The fourth-order valence-corrected chi connectivity index (χ4v) is 2.28. The van der Waals surface area contributed by atoms with Gasteiger partial charge in [-0.05, 0) is 29.7 Å². The quantitative estimate of drug-likeness (QED) is 0.650. The maximum atomic E-state index is 11.9. The van der Waals surface area contributed by atoms with Crippen molar-refractivity contribution in [2.75, 3.05) is 5.32 Å². The number of fused-ring (bicyclic) bond motifs is 1. The summed E-state index contributed by atoms with van der Waals surface area (Å²) in [5.74, 6) is -0.311. The van der Waals surface area contributed by atoms with E-state index in [1.807, 2.05) is 59.3 Å². The third kappa shape index (κ3) is 3.68. The molecule has 116 valence electrons. The van der Waals surface area contributed by atoms with Gasteiger partial charge in [0.1, 0.15) is 6.54 Å². The first-order valence-electron chi connectivity index (χ1n) is 7.17. The number of nitrogens with one attached hydrogen (secondary N) is 3. The van der Waals surface area contributed by atoms with Gasteiger partial charge < -0.3 is 9.88 Å². The van der Waals surface area contributed by atoms with E-state index >= 15 is 0 Å². The molecule has 0 aliphatic carbocycles. The minimum atomic E-state index is -0.498. The predicted octanol–water partition coefficient (Wildman–Crippen LogP) is 2.49. The Morgan fingerprint density at radius 2 is 1.61 bits per heavy atom. The Morgan fingerprint density at radius 1 is 0.870 bits per heavy atom. The van der Waals surface area contributed by atoms with Crippen LogP contribution in [0, 0.1) is 0 Å². The molecular formula is C17H16N4O2. The van der Waals surface area contributed by atoms with Crippen LogP contribution < -0.4 is 16.2 Å². The fraction of sp³-hybridized carbons (Fsp3) is 0.0588. The van der Waals surface area contributed by atoms with E-state index in [-0.39, 0.29) is 12.5 Å². The number of hydrazine groups is 1. The lowest BCUT2D eigenvalue weighted by Crippen LogP contribution is -2.45.